The molecule has 0 fully saturated rings. The standard InChI is InChI=1S/C19H18ClN3O3S/c1-11(2)26-17-14(20)8-12(9-16(17)25-3)10-21-23-18(24)13-6-4-5-7-15(13)22-19(23)27/h4-11H,1-3H3,(H,22,27)/b21-10-. The van der Waals surface area contributed by atoms with Crippen molar-refractivity contribution in [3.05, 3.63) is 62.1 Å². The van der Waals surface area contributed by atoms with Crippen molar-refractivity contribution in [2.45, 2.75) is 20.0 Å². The molecule has 8 heteroatoms. The Kier molecular flexibility index (Phi) is 5.62. The minimum absolute atomic E-state index is 0.0506. The van der Waals surface area contributed by atoms with E-state index >= 15 is 0 Å². The van der Waals surface area contributed by atoms with Crippen LogP contribution < -0.4 is 15.0 Å². The van der Waals surface area contributed by atoms with E-state index in [-0.39, 0.29) is 16.4 Å². The van der Waals surface area contributed by atoms with Gasteiger partial charge in [-0.2, -0.15) is 9.78 Å². The van der Waals surface area contributed by atoms with Crippen molar-refractivity contribution in [2.75, 3.05) is 7.11 Å². The van der Waals surface area contributed by atoms with E-state index in [9.17, 15) is 4.79 Å². The minimum atomic E-state index is -0.302. The van der Waals surface area contributed by atoms with Crippen LogP contribution in [0.1, 0.15) is 19.4 Å². The second kappa shape index (κ2) is 7.94. The molecule has 0 radical (unpaired) electrons. The molecule has 1 N–H and O–H groups in total. The maximum atomic E-state index is 12.6. The van der Waals surface area contributed by atoms with E-state index < -0.39 is 0 Å². The molecule has 140 valence electrons. The number of nitrogens with one attached hydrogen (secondary N) is 1. The molecule has 1 aromatic heterocycles. The molecule has 0 unspecified atom stereocenters. The number of methoxy groups -OCH3 is 1. The second-order valence-corrected chi connectivity index (χ2v) is 6.83. The van der Waals surface area contributed by atoms with Gasteiger partial charge in [0.05, 0.1) is 35.4 Å². The SMILES string of the molecule is COc1cc(/C=N\n2c(=S)[nH]c3ccccc3c2=O)cc(Cl)c1OC(C)C. The largest absolute Gasteiger partial charge is 0.493 e. The molecular formula is C19H18ClN3O3S. The summed E-state index contributed by atoms with van der Waals surface area (Å²) >= 11 is 11.6. The zero-order valence-corrected chi connectivity index (χ0v) is 16.6. The van der Waals surface area contributed by atoms with Gasteiger partial charge in [-0.15, -0.1) is 0 Å². The van der Waals surface area contributed by atoms with Gasteiger partial charge < -0.3 is 14.5 Å². The Morgan fingerprint density at radius 2 is 2.04 bits per heavy atom. The highest BCUT2D eigenvalue weighted by Gasteiger charge is 2.13. The minimum Gasteiger partial charge on any atom is -0.493 e. The Morgan fingerprint density at radius 1 is 1.30 bits per heavy atom. The lowest BCUT2D eigenvalue weighted by Gasteiger charge is -2.15. The predicted octanol–water partition coefficient (Wildman–Crippen LogP) is 4.39. The Hall–Kier alpha value is -2.64. The van der Waals surface area contributed by atoms with Crippen LogP contribution in [0.4, 0.5) is 0 Å². The van der Waals surface area contributed by atoms with Gasteiger partial charge >= 0.3 is 0 Å². The summed E-state index contributed by atoms with van der Waals surface area (Å²) in [5.41, 5.74) is 1.00. The first-order valence-electron chi connectivity index (χ1n) is 8.23. The molecule has 0 saturated carbocycles. The average molecular weight is 404 g/mol. The molecule has 3 rings (SSSR count). The highest BCUT2D eigenvalue weighted by molar-refractivity contribution is 7.71. The van der Waals surface area contributed by atoms with Gasteiger partial charge in [-0.05, 0) is 55.9 Å². The fourth-order valence-electron chi connectivity index (χ4n) is 2.55. The van der Waals surface area contributed by atoms with Crippen LogP contribution in [0.5, 0.6) is 11.5 Å². The van der Waals surface area contributed by atoms with Crippen LogP contribution in [0.2, 0.25) is 5.02 Å². The van der Waals surface area contributed by atoms with Gasteiger partial charge in [0.1, 0.15) is 0 Å². The van der Waals surface area contributed by atoms with Crippen molar-refractivity contribution in [3.63, 3.8) is 0 Å². The number of hydrogen-bond donors (Lipinski definition) is 1. The summed E-state index contributed by atoms with van der Waals surface area (Å²) in [4.78, 5) is 15.6. The number of rotatable bonds is 5. The highest BCUT2D eigenvalue weighted by atomic mass is 35.5. The van der Waals surface area contributed by atoms with Crippen molar-refractivity contribution >= 4 is 40.9 Å². The molecule has 6 nitrogen and oxygen atoms in total. The summed E-state index contributed by atoms with van der Waals surface area (Å²) in [6.07, 6.45) is 1.44. The maximum absolute atomic E-state index is 12.6. The Morgan fingerprint density at radius 3 is 2.74 bits per heavy atom. The highest BCUT2D eigenvalue weighted by Crippen LogP contribution is 2.36. The first-order valence-corrected chi connectivity index (χ1v) is 9.02. The monoisotopic (exact) mass is 403 g/mol. The smallest absolute Gasteiger partial charge is 0.282 e. The summed E-state index contributed by atoms with van der Waals surface area (Å²) < 4.78 is 12.4. The summed E-state index contributed by atoms with van der Waals surface area (Å²) in [6, 6.07) is 10.5. The van der Waals surface area contributed by atoms with Crippen LogP contribution in [0, 0.1) is 4.77 Å². The Labute approximate surface area is 166 Å². The number of aromatic amines is 1. The van der Waals surface area contributed by atoms with Gasteiger partial charge in [-0.25, -0.2) is 0 Å². The number of hydrogen-bond acceptors (Lipinski definition) is 5. The lowest BCUT2D eigenvalue weighted by Crippen LogP contribution is -2.18. The molecule has 0 amide bonds. The van der Waals surface area contributed by atoms with E-state index in [1.807, 2.05) is 19.9 Å². The lowest BCUT2D eigenvalue weighted by molar-refractivity contribution is 0.230. The van der Waals surface area contributed by atoms with Crippen molar-refractivity contribution in [1.29, 1.82) is 0 Å². The predicted molar refractivity (Wildman–Crippen MR) is 110 cm³/mol. The van der Waals surface area contributed by atoms with Crippen molar-refractivity contribution in [3.8, 4) is 11.5 Å². The second-order valence-electron chi connectivity index (χ2n) is 6.04. The van der Waals surface area contributed by atoms with Crippen molar-refractivity contribution in [2.24, 2.45) is 5.10 Å². The molecule has 27 heavy (non-hydrogen) atoms. The topological polar surface area (TPSA) is 68.6 Å². The van der Waals surface area contributed by atoms with E-state index in [0.29, 0.717) is 33.0 Å². The van der Waals surface area contributed by atoms with Gasteiger partial charge in [-0.3, -0.25) is 4.79 Å². The molecule has 0 aliphatic rings. The summed E-state index contributed by atoms with van der Waals surface area (Å²) in [6.45, 7) is 3.80. The number of H-pyrrole nitrogens is 1. The van der Waals surface area contributed by atoms with Crippen LogP contribution >= 0.6 is 23.8 Å². The van der Waals surface area contributed by atoms with Crippen LogP contribution in [0.25, 0.3) is 10.9 Å². The number of para-hydroxylation sites is 1. The fraction of sp³-hybridized carbons (Fsp3) is 0.211. The number of benzene rings is 2. The lowest BCUT2D eigenvalue weighted by atomic mass is 10.2. The zero-order chi connectivity index (χ0) is 19.6. The van der Waals surface area contributed by atoms with E-state index in [4.69, 9.17) is 33.3 Å². The number of halogens is 1. The van der Waals surface area contributed by atoms with E-state index in [0.717, 1.165) is 4.68 Å². The van der Waals surface area contributed by atoms with Crippen LogP contribution in [0.15, 0.2) is 46.3 Å². The van der Waals surface area contributed by atoms with Gasteiger partial charge in [0.2, 0.25) is 4.77 Å². The first kappa shape index (κ1) is 19.1. The third-order valence-corrected chi connectivity index (χ3v) is 4.27. The zero-order valence-electron chi connectivity index (χ0n) is 15.0. The van der Waals surface area contributed by atoms with E-state index in [1.165, 1.54) is 13.3 Å². The quantitative estimate of drug-likeness (QED) is 0.506. The molecule has 3 aromatic rings. The third kappa shape index (κ3) is 4.04. The third-order valence-electron chi connectivity index (χ3n) is 3.71. The maximum Gasteiger partial charge on any atom is 0.282 e. The molecular weight excluding hydrogens is 386 g/mol. The number of nitrogens with zero attached hydrogens (tertiary/aromatic N) is 2. The molecule has 1 heterocycles. The molecule has 0 aliphatic carbocycles. The number of ether oxygens (including phenoxy) is 2. The number of aromatic nitrogens is 2. The van der Waals surface area contributed by atoms with E-state index in [2.05, 4.69) is 10.1 Å². The van der Waals surface area contributed by atoms with Gasteiger partial charge in [0, 0.05) is 0 Å². The van der Waals surface area contributed by atoms with Gasteiger partial charge in [0.15, 0.2) is 11.5 Å². The molecule has 0 aliphatic heterocycles. The average Bonchev–Trinajstić information content (AvgIpc) is 2.63. The summed E-state index contributed by atoms with van der Waals surface area (Å²) in [7, 11) is 1.53. The Bertz CT molecular complexity index is 1140. The molecule has 2 aromatic carbocycles. The molecule has 0 bridgehead atoms. The molecule has 0 atom stereocenters. The fourth-order valence-corrected chi connectivity index (χ4v) is 3.05. The Balaban J connectivity index is 2.04. The normalized spacial score (nSPS) is 11.4. The van der Waals surface area contributed by atoms with Crippen LogP contribution in [-0.4, -0.2) is 29.1 Å². The number of fused-ring (bicyclic) bond motifs is 1. The summed E-state index contributed by atoms with van der Waals surface area (Å²) in [5, 5.41) is 5.11. The molecule has 0 saturated heterocycles. The van der Waals surface area contributed by atoms with Gasteiger partial charge in [0.25, 0.3) is 5.56 Å². The first-order chi connectivity index (χ1) is 12.9. The van der Waals surface area contributed by atoms with E-state index in [1.54, 1.807) is 30.3 Å². The van der Waals surface area contributed by atoms with Crippen molar-refractivity contribution < 1.29 is 9.47 Å². The van der Waals surface area contributed by atoms with Crippen LogP contribution in [0.3, 0.4) is 0 Å². The molecule has 0 spiro atoms. The van der Waals surface area contributed by atoms with Crippen molar-refractivity contribution in [1.82, 2.24) is 9.66 Å². The van der Waals surface area contributed by atoms with Crippen LogP contribution in [-0.2, 0) is 0 Å². The summed E-state index contributed by atoms with van der Waals surface area (Å²) in [5.74, 6) is 0.945. The van der Waals surface area contributed by atoms with Gasteiger partial charge in [-0.1, -0.05) is 23.7 Å².